The van der Waals surface area contributed by atoms with E-state index < -0.39 is 8.07 Å². The molecule has 0 unspecified atom stereocenters. The lowest BCUT2D eigenvalue weighted by atomic mass is 9.93. The van der Waals surface area contributed by atoms with Gasteiger partial charge in [-0.2, -0.15) is 0 Å². The summed E-state index contributed by atoms with van der Waals surface area (Å²) in [6.45, 7) is 5.09. The Bertz CT molecular complexity index is 3080. The Morgan fingerprint density at radius 3 is 1.46 bits per heavy atom. The molecule has 0 amide bonds. The van der Waals surface area contributed by atoms with Crippen LogP contribution in [0.5, 0.6) is 0 Å². The number of furan rings is 1. The highest BCUT2D eigenvalue weighted by Gasteiger charge is 2.42. The first-order chi connectivity index (χ1) is 27.6. The van der Waals surface area contributed by atoms with Crippen molar-refractivity contribution in [2.75, 3.05) is 9.80 Å². The van der Waals surface area contributed by atoms with Gasteiger partial charge in [0.05, 0.1) is 11.4 Å². The number of hydrogen-bond acceptors (Lipinski definition) is 3. The van der Waals surface area contributed by atoms with Crippen LogP contribution in [0.3, 0.4) is 0 Å². The summed E-state index contributed by atoms with van der Waals surface area (Å²) < 4.78 is 6.29. The van der Waals surface area contributed by atoms with Crippen molar-refractivity contribution >= 4 is 96.1 Å². The van der Waals surface area contributed by atoms with E-state index in [2.05, 4.69) is 211 Å². The minimum absolute atomic E-state index is 0.897. The minimum Gasteiger partial charge on any atom is -0.456 e. The molecule has 0 radical (unpaired) electrons. The van der Waals surface area contributed by atoms with E-state index in [1.54, 1.807) is 0 Å². The highest BCUT2D eigenvalue weighted by Crippen LogP contribution is 2.48. The van der Waals surface area contributed by atoms with Gasteiger partial charge in [-0.05, 0) is 105 Å². The molecule has 1 aromatic heterocycles. The van der Waals surface area contributed by atoms with Gasteiger partial charge in [-0.1, -0.05) is 134 Å². The van der Waals surface area contributed by atoms with Crippen LogP contribution >= 0.6 is 0 Å². The molecule has 0 fully saturated rings. The second-order valence-electron chi connectivity index (χ2n) is 15.3. The zero-order valence-corrected chi connectivity index (χ0v) is 32.3. The standard InChI is InChI=1S/C52H38N2OSi/c1-56(2)50-34-47(54(37-22-10-5-11-23-37)38-30-31-49-44(32-38)41-26-16-17-29-48(41)55-49)39-24-12-14-27-42(39)51(50)45-33-46(40-25-13-15-28-43(40)52(45)56)53(35-18-6-3-7-19-35)36-20-8-4-9-21-36/h3-34H,1-2H3. The molecule has 1 aliphatic heterocycles. The number of fused-ring (bicyclic) bond motifs is 10. The molecule has 10 aromatic rings. The lowest BCUT2D eigenvalue weighted by Gasteiger charge is -2.29. The fourth-order valence-electron chi connectivity index (χ4n) is 9.31. The molecule has 0 atom stereocenters. The maximum Gasteiger partial charge on any atom is 0.135 e. The molecule has 9 aromatic carbocycles. The third-order valence-electron chi connectivity index (χ3n) is 11.8. The maximum atomic E-state index is 6.29. The van der Waals surface area contributed by atoms with Crippen LogP contribution < -0.4 is 20.2 Å². The van der Waals surface area contributed by atoms with Crippen molar-refractivity contribution in [1.29, 1.82) is 0 Å². The Morgan fingerprint density at radius 2 is 0.839 bits per heavy atom. The molecule has 0 bridgehead atoms. The Hall–Kier alpha value is -6.88. The van der Waals surface area contributed by atoms with Crippen LogP contribution in [-0.4, -0.2) is 8.07 Å². The molecule has 11 rings (SSSR count). The van der Waals surface area contributed by atoms with Gasteiger partial charge in [0.2, 0.25) is 0 Å². The van der Waals surface area contributed by atoms with E-state index >= 15 is 0 Å². The van der Waals surface area contributed by atoms with E-state index in [9.17, 15) is 0 Å². The largest absolute Gasteiger partial charge is 0.456 e. The van der Waals surface area contributed by atoms with Gasteiger partial charge in [0.1, 0.15) is 19.2 Å². The Labute approximate surface area is 327 Å². The van der Waals surface area contributed by atoms with E-state index in [1.807, 2.05) is 6.07 Å². The summed E-state index contributed by atoms with van der Waals surface area (Å²) >= 11 is 0. The molecule has 0 aliphatic carbocycles. The van der Waals surface area contributed by atoms with Crippen LogP contribution in [0.4, 0.5) is 34.1 Å². The van der Waals surface area contributed by atoms with Gasteiger partial charge in [-0.25, -0.2) is 0 Å². The molecular weight excluding hydrogens is 697 g/mol. The van der Waals surface area contributed by atoms with E-state index in [-0.39, 0.29) is 0 Å². The third kappa shape index (κ3) is 4.89. The zero-order chi connectivity index (χ0) is 37.4. The van der Waals surface area contributed by atoms with Gasteiger partial charge in [0.25, 0.3) is 0 Å². The van der Waals surface area contributed by atoms with Gasteiger partial charge in [0.15, 0.2) is 0 Å². The zero-order valence-electron chi connectivity index (χ0n) is 31.3. The van der Waals surface area contributed by atoms with Crippen molar-refractivity contribution < 1.29 is 4.42 Å². The number of hydrogen-bond donors (Lipinski definition) is 0. The molecule has 1 aliphatic rings. The average molecular weight is 735 g/mol. The van der Waals surface area contributed by atoms with Crippen LogP contribution in [0.1, 0.15) is 0 Å². The molecule has 3 nitrogen and oxygen atoms in total. The van der Waals surface area contributed by atoms with E-state index in [1.165, 1.54) is 54.4 Å². The summed E-state index contributed by atoms with van der Waals surface area (Å²) in [5.74, 6) is 0. The molecule has 0 saturated carbocycles. The van der Waals surface area contributed by atoms with Crippen LogP contribution in [0.2, 0.25) is 13.1 Å². The lowest BCUT2D eigenvalue weighted by molar-refractivity contribution is 0.669. The monoisotopic (exact) mass is 734 g/mol. The molecule has 4 heteroatoms. The lowest BCUT2D eigenvalue weighted by Crippen LogP contribution is -2.49. The molecule has 0 N–H and O–H groups in total. The predicted molar refractivity (Wildman–Crippen MR) is 240 cm³/mol. The van der Waals surface area contributed by atoms with E-state index in [0.717, 1.165) is 44.7 Å². The van der Waals surface area contributed by atoms with Crippen LogP contribution in [-0.2, 0) is 0 Å². The fraction of sp³-hybridized carbons (Fsp3) is 0.0385. The highest BCUT2D eigenvalue weighted by molar-refractivity contribution is 7.05. The van der Waals surface area contributed by atoms with Crippen molar-refractivity contribution in [3.63, 3.8) is 0 Å². The molecule has 0 spiro atoms. The maximum absolute atomic E-state index is 6.29. The SMILES string of the molecule is C[Si]1(C)c2cc(N(c3ccccc3)c3ccc4oc5ccccc5c4c3)c3ccccc3c2-c2cc(N(c3ccccc3)c3ccccc3)c3ccccc3c21. The van der Waals surface area contributed by atoms with Crippen LogP contribution in [0.15, 0.2) is 199 Å². The van der Waals surface area contributed by atoms with Gasteiger partial charge in [-0.15, -0.1) is 0 Å². The van der Waals surface area contributed by atoms with Crippen molar-refractivity contribution in [2.45, 2.75) is 13.1 Å². The van der Waals surface area contributed by atoms with Crippen LogP contribution in [0, 0.1) is 0 Å². The van der Waals surface area contributed by atoms with Gasteiger partial charge >= 0.3 is 0 Å². The molecule has 56 heavy (non-hydrogen) atoms. The number of benzene rings is 9. The molecule has 2 heterocycles. The normalized spacial score (nSPS) is 13.0. The average Bonchev–Trinajstić information content (AvgIpc) is 3.73. The summed E-state index contributed by atoms with van der Waals surface area (Å²) in [5.41, 5.74) is 11.4. The third-order valence-corrected chi connectivity index (χ3v) is 15.3. The number of rotatable bonds is 6. The first kappa shape index (κ1) is 32.5. The minimum atomic E-state index is -2.29. The number of para-hydroxylation sites is 4. The first-order valence-electron chi connectivity index (χ1n) is 19.4. The summed E-state index contributed by atoms with van der Waals surface area (Å²) in [6, 6.07) is 70.5. The van der Waals surface area contributed by atoms with Gasteiger partial charge in [0, 0.05) is 44.3 Å². The predicted octanol–water partition coefficient (Wildman–Crippen LogP) is 13.6. The van der Waals surface area contributed by atoms with Crippen molar-refractivity contribution in [3.05, 3.63) is 194 Å². The molecular formula is C52H38N2OSi. The number of anilines is 6. The van der Waals surface area contributed by atoms with Crippen molar-refractivity contribution in [1.82, 2.24) is 0 Å². The molecule has 266 valence electrons. The summed E-state index contributed by atoms with van der Waals surface area (Å²) in [5, 5.41) is 10.3. The Morgan fingerprint density at radius 1 is 0.375 bits per heavy atom. The molecule has 0 saturated heterocycles. The Balaban J connectivity index is 1.20. The number of nitrogens with zero attached hydrogens (tertiary/aromatic N) is 2. The first-order valence-corrected chi connectivity index (χ1v) is 22.4. The smallest absolute Gasteiger partial charge is 0.135 e. The fourth-order valence-corrected chi connectivity index (χ4v) is 12.7. The van der Waals surface area contributed by atoms with Gasteiger partial charge < -0.3 is 14.2 Å². The summed E-state index contributed by atoms with van der Waals surface area (Å²) in [4.78, 5) is 4.88. The highest BCUT2D eigenvalue weighted by atomic mass is 28.3. The Kier molecular flexibility index (Phi) is 7.31. The second-order valence-corrected chi connectivity index (χ2v) is 19.6. The topological polar surface area (TPSA) is 19.6 Å². The summed E-state index contributed by atoms with van der Waals surface area (Å²) in [6.07, 6.45) is 0. The second kappa shape index (κ2) is 12.6. The van der Waals surface area contributed by atoms with Gasteiger partial charge in [-0.3, -0.25) is 0 Å². The van der Waals surface area contributed by atoms with Crippen molar-refractivity contribution in [2.24, 2.45) is 0 Å². The van der Waals surface area contributed by atoms with Crippen LogP contribution in [0.25, 0.3) is 54.6 Å². The van der Waals surface area contributed by atoms with E-state index in [4.69, 9.17) is 4.42 Å². The van der Waals surface area contributed by atoms with E-state index in [0.29, 0.717) is 0 Å². The van der Waals surface area contributed by atoms with Crippen molar-refractivity contribution in [3.8, 4) is 11.1 Å². The summed E-state index contributed by atoms with van der Waals surface area (Å²) in [7, 11) is -2.29. The quantitative estimate of drug-likeness (QED) is 0.159.